The number of unbranched alkanes of at least 4 members (excludes halogenated alkanes) is 1. The summed E-state index contributed by atoms with van der Waals surface area (Å²) in [5.41, 5.74) is 2.60. The summed E-state index contributed by atoms with van der Waals surface area (Å²) in [7, 11) is 0. The molecule has 0 aliphatic heterocycles. The molecule has 1 N–H and O–H groups in total. The summed E-state index contributed by atoms with van der Waals surface area (Å²) in [4.78, 5) is 27.2. The Kier molecular flexibility index (Phi) is 9.66. The molecule has 7 heteroatoms. The van der Waals surface area contributed by atoms with E-state index in [-0.39, 0.29) is 25.0 Å². The van der Waals surface area contributed by atoms with Crippen molar-refractivity contribution in [2.24, 2.45) is 0 Å². The zero-order chi connectivity index (χ0) is 23.0. The number of aryl methyl sites for hydroxylation is 2. The van der Waals surface area contributed by atoms with Gasteiger partial charge in [-0.05, 0) is 68.1 Å². The number of hydrogen-bond donors (Lipinski definition) is 1. The summed E-state index contributed by atoms with van der Waals surface area (Å²) < 4.78 is 5.75. The third-order valence-electron chi connectivity index (χ3n) is 5.01. The van der Waals surface area contributed by atoms with Crippen molar-refractivity contribution in [3.63, 3.8) is 0 Å². The van der Waals surface area contributed by atoms with E-state index in [9.17, 15) is 9.59 Å². The molecule has 0 heterocycles. The Hall–Kier alpha value is -2.24. The fourth-order valence-corrected chi connectivity index (χ4v) is 3.49. The van der Waals surface area contributed by atoms with Crippen molar-refractivity contribution < 1.29 is 14.3 Å². The first-order chi connectivity index (χ1) is 14.7. The van der Waals surface area contributed by atoms with Crippen LogP contribution >= 0.6 is 23.2 Å². The van der Waals surface area contributed by atoms with Crippen LogP contribution < -0.4 is 10.1 Å². The number of halogens is 2. The number of nitrogens with zero attached hydrogens (tertiary/aromatic N) is 1. The molecule has 0 aliphatic carbocycles. The molecule has 0 aliphatic rings. The highest BCUT2D eigenvalue weighted by Gasteiger charge is 2.26. The van der Waals surface area contributed by atoms with E-state index < -0.39 is 6.04 Å². The smallest absolute Gasteiger partial charge is 0.261 e. The lowest BCUT2D eigenvalue weighted by Gasteiger charge is -2.29. The van der Waals surface area contributed by atoms with Crippen LogP contribution in [0.2, 0.25) is 10.0 Å². The normalized spacial score (nSPS) is 11.7. The van der Waals surface area contributed by atoms with Crippen molar-refractivity contribution >= 4 is 35.0 Å². The maximum absolute atomic E-state index is 13.1. The fraction of sp³-hybridized carbons (Fsp3) is 0.417. The van der Waals surface area contributed by atoms with Crippen molar-refractivity contribution in [2.45, 2.75) is 53.1 Å². The molecule has 31 heavy (non-hydrogen) atoms. The number of rotatable bonds is 10. The Balaban J connectivity index is 2.15. The van der Waals surface area contributed by atoms with Crippen molar-refractivity contribution in [1.29, 1.82) is 0 Å². The van der Waals surface area contributed by atoms with Crippen LogP contribution in [0.25, 0.3) is 0 Å². The SMILES string of the molecule is CCCCNC(=O)C(C)N(Cc1cccc(Cl)c1)C(=O)COc1cc(C)c(Cl)c(C)c1. The third kappa shape index (κ3) is 7.44. The Labute approximate surface area is 194 Å². The molecule has 0 bridgehead atoms. The van der Waals surface area contributed by atoms with Gasteiger partial charge >= 0.3 is 0 Å². The lowest BCUT2D eigenvalue weighted by Crippen LogP contribution is -2.49. The van der Waals surface area contributed by atoms with Crippen LogP contribution in [0.4, 0.5) is 0 Å². The summed E-state index contributed by atoms with van der Waals surface area (Å²) in [5, 5.41) is 4.15. The second kappa shape index (κ2) is 12.0. The van der Waals surface area contributed by atoms with E-state index in [0.717, 1.165) is 29.5 Å². The lowest BCUT2D eigenvalue weighted by atomic mass is 10.1. The largest absolute Gasteiger partial charge is 0.484 e. The van der Waals surface area contributed by atoms with E-state index in [1.165, 1.54) is 4.90 Å². The maximum Gasteiger partial charge on any atom is 0.261 e. The summed E-state index contributed by atoms with van der Waals surface area (Å²) in [5.74, 6) is 0.0842. The second-order valence-electron chi connectivity index (χ2n) is 7.63. The summed E-state index contributed by atoms with van der Waals surface area (Å²) in [6.07, 6.45) is 1.87. The van der Waals surface area contributed by atoms with Crippen LogP contribution in [0.15, 0.2) is 36.4 Å². The van der Waals surface area contributed by atoms with Crippen LogP contribution in [0.5, 0.6) is 5.75 Å². The van der Waals surface area contributed by atoms with Gasteiger partial charge < -0.3 is 15.0 Å². The molecule has 2 amide bonds. The molecule has 5 nitrogen and oxygen atoms in total. The molecule has 2 aromatic rings. The van der Waals surface area contributed by atoms with Crippen molar-refractivity contribution in [2.75, 3.05) is 13.2 Å². The quantitative estimate of drug-likeness (QED) is 0.483. The Morgan fingerprint density at radius 3 is 2.42 bits per heavy atom. The Morgan fingerprint density at radius 2 is 1.81 bits per heavy atom. The van der Waals surface area contributed by atoms with E-state index in [0.29, 0.717) is 22.3 Å². The molecule has 0 fully saturated rings. The second-order valence-corrected chi connectivity index (χ2v) is 8.45. The molecule has 1 unspecified atom stereocenters. The average molecular weight is 465 g/mol. The first kappa shape index (κ1) is 25.0. The van der Waals surface area contributed by atoms with E-state index >= 15 is 0 Å². The summed E-state index contributed by atoms with van der Waals surface area (Å²) in [6.45, 7) is 8.20. The molecule has 0 spiro atoms. The Morgan fingerprint density at radius 1 is 1.13 bits per heavy atom. The number of nitrogens with one attached hydrogen (secondary N) is 1. The summed E-state index contributed by atoms with van der Waals surface area (Å²) in [6, 6.07) is 10.2. The highest BCUT2D eigenvalue weighted by atomic mass is 35.5. The molecule has 0 aromatic heterocycles. The van der Waals surface area contributed by atoms with Crippen LogP contribution in [-0.4, -0.2) is 35.9 Å². The third-order valence-corrected chi connectivity index (χ3v) is 5.84. The highest BCUT2D eigenvalue weighted by molar-refractivity contribution is 6.32. The maximum atomic E-state index is 13.1. The first-order valence-corrected chi connectivity index (χ1v) is 11.2. The molecule has 1 atom stereocenters. The molecule has 0 radical (unpaired) electrons. The van der Waals surface area contributed by atoms with Crippen molar-refractivity contribution in [3.8, 4) is 5.75 Å². The molecule has 2 rings (SSSR count). The first-order valence-electron chi connectivity index (χ1n) is 10.4. The van der Waals surface area contributed by atoms with Gasteiger partial charge in [-0.3, -0.25) is 9.59 Å². The van der Waals surface area contributed by atoms with Crippen molar-refractivity contribution in [1.82, 2.24) is 10.2 Å². The molecule has 0 saturated carbocycles. The number of ether oxygens (including phenoxy) is 1. The van der Waals surface area contributed by atoms with Gasteiger partial charge in [0.15, 0.2) is 6.61 Å². The predicted molar refractivity (Wildman–Crippen MR) is 126 cm³/mol. The average Bonchev–Trinajstić information content (AvgIpc) is 2.73. The number of carbonyl (C=O) groups excluding carboxylic acids is 2. The molecular formula is C24H30Cl2N2O3. The number of carbonyl (C=O) groups is 2. The van der Waals surface area contributed by atoms with E-state index in [2.05, 4.69) is 12.2 Å². The minimum Gasteiger partial charge on any atom is -0.484 e. The number of benzene rings is 2. The summed E-state index contributed by atoms with van der Waals surface area (Å²) >= 11 is 12.3. The lowest BCUT2D eigenvalue weighted by molar-refractivity contribution is -0.142. The number of hydrogen-bond acceptors (Lipinski definition) is 3. The fourth-order valence-electron chi connectivity index (χ4n) is 3.17. The zero-order valence-electron chi connectivity index (χ0n) is 18.5. The molecule has 168 valence electrons. The van der Waals surface area contributed by atoms with Gasteiger partial charge in [0.25, 0.3) is 5.91 Å². The van der Waals surface area contributed by atoms with Crippen LogP contribution in [0.3, 0.4) is 0 Å². The van der Waals surface area contributed by atoms with Crippen LogP contribution in [0.1, 0.15) is 43.4 Å². The van der Waals surface area contributed by atoms with Gasteiger partial charge in [0.2, 0.25) is 5.91 Å². The molecular weight excluding hydrogens is 435 g/mol. The van der Waals surface area contributed by atoms with Gasteiger partial charge in [-0.15, -0.1) is 0 Å². The van der Waals surface area contributed by atoms with Crippen molar-refractivity contribution in [3.05, 3.63) is 63.1 Å². The van der Waals surface area contributed by atoms with Crippen LogP contribution in [-0.2, 0) is 16.1 Å². The predicted octanol–water partition coefficient (Wildman–Crippen LogP) is 5.32. The van der Waals surface area contributed by atoms with Gasteiger partial charge in [-0.1, -0.05) is 48.7 Å². The number of amides is 2. The van der Waals surface area contributed by atoms with Crippen LogP contribution in [0, 0.1) is 13.8 Å². The minimum atomic E-state index is -0.652. The highest BCUT2D eigenvalue weighted by Crippen LogP contribution is 2.26. The Bertz CT molecular complexity index is 894. The van der Waals surface area contributed by atoms with E-state index in [4.69, 9.17) is 27.9 Å². The standard InChI is InChI=1S/C24H30Cl2N2O3/c1-5-6-10-27-24(30)18(4)28(14-19-8-7-9-20(25)13-19)22(29)15-31-21-11-16(2)23(26)17(3)12-21/h7-9,11-13,18H,5-6,10,14-15H2,1-4H3,(H,27,30). The van der Waals surface area contributed by atoms with E-state index in [1.54, 1.807) is 31.2 Å². The van der Waals surface area contributed by atoms with Gasteiger partial charge in [0.1, 0.15) is 11.8 Å². The van der Waals surface area contributed by atoms with Gasteiger partial charge in [0.05, 0.1) is 0 Å². The molecule has 2 aromatic carbocycles. The zero-order valence-corrected chi connectivity index (χ0v) is 20.0. The van der Waals surface area contributed by atoms with Gasteiger partial charge in [-0.2, -0.15) is 0 Å². The van der Waals surface area contributed by atoms with E-state index in [1.807, 2.05) is 26.0 Å². The van der Waals surface area contributed by atoms with Gasteiger partial charge in [0, 0.05) is 23.1 Å². The minimum absolute atomic E-state index is 0.187. The monoisotopic (exact) mass is 464 g/mol. The topological polar surface area (TPSA) is 58.6 Å². The molecule has 0 saturated heterocycles. The van der Waals surface area contributed by atoms with Gasteiger partial charge in [-0.25, -0.2) is 0 Å².